The van der Waals surface area contributed by atoms with Crippen molar-refractivity contribution < 1.29 is 14.6 Å². The number of nitrogens with zero attached hydrogens (tertiary/aromatic N) is 2. The summed E-state index contributed by atoms with van der Waals surface area (Å²) < 4.78 is 6.92. The Bertz CT molecular complexity index is 304. The molecule has 0 saturated heterocycles. The molecule has 0 aliphatic heterocycles. The fourth-order valence-corrected chi connectivity index (χ4v) is 1.60. The molecule has 0 amide bonds. The van der Waals surface area contributed by atoms with Crippen LogP contribution in [0.3, 0.4) is 0 Å². The van der Waals surface area contributed by atoms with Crippen molar-refractivity contribution >= 4 is 21.9 Å². The number of hydrogen-bond donors (Lipinski definition) is 1. The van der Waals surface area contributed by atoms with Crippen molar-refractivity contribution in [1.29, 1.82) is 0 Å². The van der Waals surface area contributed by atoms with Crippen LogP contribution in [0.1, 0.15) is 11.8 Å². The van der Waals surface area contributed by atoms with Crippen molar-refractivity contribution in [3.05, 3.63) is 16.4 Å². The number of carbonyl (C=O) groups is 1. The summed E-state index contributed by atoms with van der Waals surface area (Å²) in [4.78, 5) is 10.7. The summed E-state index contributed by atoms with van der Waals surface area (Å²) in [5, 5.41) is 12.7. The minimum absolute atomic E-state index is 0.495. The summed E-state index contributed by atoms with van der Waals surface area (Å²) in [5.41, 5.74) is 0.495. The normalized spacial score (nSPS) is 12.8. The zero-order chi connectivity index (χ0) is 10.0. The predicted molar refractivity (Wildman–Crippen MR) is 48.3 cm³/mol. The van der Waals surface area contributed by atoms with Gasteiger partial charge in [-0.05, 0) is 15.9 Å². The van der Waals surface area contributed by atoms with E-state index in [0.29, 0.717) is 10.2 Å². The minimum Gasteiger partial charge on any atom is -0.479 e. The first kappa shape index (κ1) is 10.2. The number of aryl methyl sites for hydroxylation is 1. The number of carboxylic acid groups (broad SMARTS) is 1. The molecule has 1 atom stereocenters. The van der Waals surface area contributed by atoms with Crippen LogP contribution >= 0.6 is 15.9 Å². The van der Waals surface area contributed by atoms with Gasteiger partial charge in [0.05, 0.1) is 16.4 Å². The molecule has 0 saturated carbocycles. The third-order valence-electron chi connectivity index (χ3n) is 1.65. The lowest BCUT2D eigenvalue weighted by molar-refractivity contribution is -0.149. The Labute approximate surface area is 83.4 Å². The van der Waals surface area contributed by atoms with E-state index in [-0.39, 0.29) is 0 Å². The van der Waals surface area contributed by atoms with Gasteiger partial charge in [-0.1, -0.05) is 0 Å². The monoisotopic (exact) mass is 248 g/mol. The van der Waals surface area contributed by atoms with Gasteiger partial charge in [0.2, 0.25) is 0 Å². The molecule has 0 fully saturated rings. The summed E-state index contributed by atoms with van der Waals surface area (Å²) in [6.07, 6.45) is 0.548. The van der Waals surface area contributed by atoms with E-state index in [2.05, 4.69) is 21.0 Å². The lowest BCUT2D eigenvalue weighted by Crippen LogP contribution is -2.17. The van der Waals surface area contributed by atoms with E-state index in [0.717, 1.165) is 0 Å². The largest absolute Gasteiger partial charge is 0.479 e. The number of carboxylic acids is 1. The van der Waals surface area contributed by atoms with Crippen molar-refractivity contribution in [2.75, 3.05) is 7.11 Å². The molecule has 1 aromatic heterocycles. The predicted octanol–water partition coefficient (Wildman–Crippen LogP) is 0.955. The molecule has 1 N–H and O–H groups in total. The lowest BCUT2D eigenvalue weighted by Gasteiger charge is -2.10. The van der Waals surface area contributed by atoms with Gasteiger partial charge in [0.1, 0.15) is 0 Å². The van der Waals surface area contributed by atoms with Gasteiger partial charge in [-0.3, -0.25) is 4.68 Å². The third kappa shape index (κ3) is 1.89. The van der Waals surface area contributed by atoms with Gasteiger partial charge in [-0.15, -0.1) is 0 Å². The average Bonchev–Trinajstić information content (AvgIpc) is 2.36. The Balaban J connectivity index is 3.10. The molecule has 0 radical (unpaired) electrons. The first-order valence-electron chi connectivity index (χ1n) is 3.51. The second-order valence-corrected chi connectivity index (χ2v) is 3.31. The smallest absolute Gasteiger partial charge is 0.339 e. The van der Waals surface area contributed by atoms with Crippen LogP contribution in [0.25, 0.3) is 0 Å². The first-order chi connectivity index (χ1) is 6.07. The molecule has 5 nitrogen and oxygen atoms in total. The second-order valence-electron chi connectivity index (χ2n) is 2.46. The molecule has 1 unspecified atom stereocenters. The summed E-state index contributed by atoms with van der Waals surface area (Å²) in [6.45, 7) is 0. The van der Waals surface area contributed by atoms with Crippen LogP contribution in [-0.4, -0.2) is 28.0 Å². The van der Waals surface area contributed by atoms with Gasteiger partial charge in [0, 0.05) is 14.2 Å². The Morgan fingerprint density at radius 3 is 2.77 bits per heavy atom. The van der Waals surface area contributed by atoms with Crippen molar-refractivity contribution in [2.45, 2.75) is 6.10 Å². The van der Waals surface area contributed by atoms with Gasteiger partial charge >= 0.3 is 5.97 Å². The highest BCUT2D eigenvalue weighted by Gasteiger charge is 2.25. The molecule has 0 aromatic carbocycles. The fourth-order valence-electron chi connectivity index (χ4n) is 1.04. The number of hydrogen-bond acceptors (Lipinski definition) is 3. The van der Waals surface area contributed by atoms with Gasteiger partial charge in [-0.25, -0.2) is 4.79 Å². The molecule has 1 rings (SSSR count). The minimum atomic E-state index is -1.04. The first-order valence-corrected chi connectivity index (χ1v) is 4.30. The molecule has 72 valence electrons. The van der Waals surface area contributed by atoms with Crippen LogP contribution in [0.15, 0.2) is 10.7 Å². The topological polar surface area (TPSA) is 64.3 Å². The number of aromatic nitrogens is 2. The maximum Gasteiger partial charge on any atom is 0.339 e. The zero-order valence-corrected chi connectivity index (χ0v) is 8.78. The van der Waals surface area contributed by atoms with E-state index >= 15 is 0 Å². The van der Waals surface area contributed by atoms with E-state index < -0.39 is 12.1 Å². The molecular weight excluding hydrogens is 240 g/mol. The third-order valence-corrected chi connectivity index (χ3v) is 2.26. The van der Waals surface area contributed by atoms with Gasteiger partial charge in [-0.2, -0.15) is 5.10 Å². The van der Waals surface area contributed by atoms with E-state index in [9.17, 15) is 4.79 Å². The van der Waals surface area contributed by atoms with Crippen LogP contribution < -0.4 is 0 Å². The number of rotatable bonds is 3. The fraction of sp³-hybridized carbons (Fsp3) is 0.429. The van der Waals surface area contributed by atoms with Crippen molar-refractivity contribution in [3.8, 4) is 0 Å². The van der Waals surface area contributed by atoms with Crippen LogP contribution in [-0.2, 0) is 16.6 Å². The summed E-state index contributed by atoms with van der Waals surface area (Å²) in [6, 6.07) is 0. The number of methoxy groups -OCH3 is 1. The number of aliphatic carboxylic acids is 1. The summed E-state index contributed by atoms with van der Waals surface area (Å²) >= 11 is 3.20. The standard InChI is InChI=1S/C7H9BrN2O3/c1-10-5(4(8)3-9-10)6(13-2)7(11)12/h3,6H,1-2H3,(H,11,12). The van der Waals surface area contributed by atoms with Gasteiger partial charge < -0.3 is 9.84 Å². The van der Waals surface area contributed by atoms with E-state index in [1.54, 1.807) is 7.05 Å². The highest BCUT2D eigenvalue weighted by Crippen LogP contribution is 2.24. The second kappa shape index (κ2) is 3.89. The number of halogens is 1. The van der Waals surface area contributed by atoms with Crippen molar-refractivity contribution in [2.24, 2.45) is 7.05 Å². The molecule has 0 aliphatic rings. The molecule has 1 heterocycles. The van der Waals surface area contributed by atoms with Crippen LogP contribution in [0.4, 0.5) is 0 Å². The Morgan fingerprint density at radius 1 is 1.85 bits per heavy atom. The van der Waals surface area contributed by atoms with Crippen LogP contribution in [0.2, 0.25) is 0 Å². The average molecular weight is 249 g/mol. The summed E-state index contributed by atoms with van der Waals surface area (Å²) in [5.74, 6) is -1.04. The molecule has 13 heavy (non-hydrogen) atoms. The maximum absolute atomic E-state index is 10.7. The SMILES string of the molecule is COC(C(=O)O)c1c(Br)cnn1C. The molecule has 0 bridgehead atoms. The van der Waals surface area contributed by atoms with E-state index in [1.165, 1.54) is 18.0 Å². The maximum atomic E-state index is 10.7. The molecular formula is C7H9BrN2O3. The zero-order valence-electron chi connectivity index (χ0n) is 7.19. The molecule has 6 heteroatoms. The molecule has 0 aliphatic carbocycles. The highest BCUT2D eigenvalue weighted by molar-refractivity contribution is 9.10. The molecule has 0 spiro atoms. The summed E-state index contributed by atoms with van der Waals surface area (Å²) in [7, 11) is 3.01. The Kier molecular flexibility index (Phi) is 3.05. The van der Waals surface area contributed by atoms with Crippen molar-refractivity contribution in [3.63, 3.8) is 0 Å². The van der Waals surface area contributed by atoms with Gasteiger partial charge in [0.15, 0.2) is 6.10 Å². The van der Waals surface area contributed by atoms with E-state index in [1.807, 2.05) is 0 Å². The van der Waals surface area contributed by atoms with Crippen LogP contribution in [0.5, 0.6) is 0 Å². The highest BCUT2D eigenvalue weighted by atomic mass is 79.9. The van der Waals surface area contributed by atoms with Crippen LogP contribution in [0, 0.1) is 0 Å². The lowest BCUT2D eigenvalue weighted by atomic mass is 10.2. The Hall–Kier alpha value is -0.880. The van der Waals surface area contributed by atoms with Crippen molar-refractivity contribution in [1.82, 2.24) is 9.78 Å². The quantitative estimate of drug-likeness (QED) is 0.866. The van der Waals surface area contributed by atoms with E-state index in [4.69, 9.17) is 9.84 Å². The van der Waals surface area contributed by atoms with Gasteiger partial charge in [0.25, 0.3) is 0 Å². The number of ether oxygens (including phenoxy) is 1. The molecule has 1 aromatic rings. The Morgan fingerprint density at radius 2 is 2.46 bits per heavy atom.